The summed E-state index contributed by atoms with van der Waals surface area (Å²) in [6, 6.07) is 12.4. The zero-order valence-corrected chi connectivity index (χ0v) is 18.0. The van der Waals surface area contributed by atoms with Crippen molar-refractivity contribution in [1.29, 1.82) is 0 Å². The molecule has 0 unspecified atom stereocenters. The average Bonchev–Trinajstić information content (AvgIpc) is 2.75. The van der Waals surface area contributed by atoms with Gasteiger partial charge in [-0.1, -0.05) is 50.6 Å². The van der Waals surface area contributed by atoms with E-state index in [0.717, 1.165) is 17.5 Å². The summed E-state index contributed by atoms with van der Waals surface area (Å²) >= 11 is 6.04. The molecular formula is C23H25ClF2N2O2. The highest BCUT2D eigenvalue weighted by molar-refractivity contribution is 6.30. The lowest BCUT2D eigenvalue weighted by molar-refractivity contribution is -0.0524. The quantitative estimate of drug-likeness (QED) is 0.391. The first kappa shape index (κ1) is 23.5. The Kier molecular flexibility index (Phi) is 9.48. The minimum atomic E-state index is -2.96. The maximum Gasteiger partial charge on any atom is 0.388 e. The smallest absolute Gasteiger partial charge is 0.388 e. The summed E-state index contributed by atoms with van der Waals surface area (Å²) < 4.78 is 35.6. The molecule has 0 aliphatic heterocycles. The van der Waals surface area contributed by atoms with Gasteiger partial charge in [0, 0.05) is 35.5 Å². The van der Waals surface area contributed by atoms with Crippen molar-refractivity contribution >= 4 is 11.6 Å². The van der Waals surface area contributed by atoms with E-state index in [0.29, 0.717) is 35.1 Å². The van der Waals surface area contributed by atoms with Crippen molar-refractivity contribution in [1.82, 2.24) is 9.97 Å². The van der Waals surface area contributed by atoms with E-state index in [1.807, 2.05) is 32.9 Å². The van der Waals surface area contributed by atoms with Gasteiger partial charge >= 0.3 is 6.61 Å². The Morgan fingerprint density at radius 3 is 2.40 bits per heavy atom. The van der Waals surface area contributed by atoms with E-state index in [2.05, 4.69) is 14.7 Å². The fourth-order valence-corrected chi connectivity index (χ4v) is 2.87. The lowest BCUT2D eigenvalue weighted by Gasteiger charge is -2.12. The van der Waals surface area contributed by atoms with Crippen molar-refractivity contribution < 1.29 is 18.3 Å². The molecule has 0 amide bonds. The van der Waals surface area contributed by atoms with Gasteiger partial charge < -0.3 is 9.47 Å². The molecule has 0 saturated carbocycles. The highest BCUT2D eigenvalue weighted by Gasteiger charge is 2.14. The topological polar surface area (TPSA) is 44.2 Å². The van der Waals surface area contributed by atoms with Crippen LogP contribution in [0.2, 0.25) is 5.02 Å². The van der Waals surface area contributed by atoms with Crippen LogP contribution in [-0.4, -0.2) is 23.2 Å². The van der Waals surface area contributed by atoms with Crippen LogP contribution in [0.25, 0.3) is 11.1 Å². The van der Waals surface area contributed by atoms with Crippen LogP contribution < -0.4 is 9.47 Å². The van der Waals surface area contributed by atoms with Crippen LogP contribution in [0.5, 0.6) is 11.8 Å². The van der Waals surface area contributed by atoms with E-state index in [1.54, 1.807) is 36.5 Å². The van der Waals surface area contributed by atoms with Gasteiger partial charge in [-0.2, -0.15) is 8.78 Å². The van der Waals surface area contributed by atoms with Crippen LogP contribution in [0.3, 0.4) is 0 Å². The van der Waals surface area contributed by atoms with Gasteiger partial charge in [0.1, 0.15) is 0 Å². The van der Waals surface area contributed by atoms with E-state index in [4.69, 9.17) is 16.3 Å². The zero-order chi connectivity index (χ0) is 21.9. The van der Waals surface area contributed by atoms with E-state index >= 15 is 0 Å². The first-order chi connectivity index (χ1) is 14.5. The van der Waals surface area contributed by atoms with Crippen molar-refractivity contribution in [2.24, 2.45) is 0 Å². The second-order valence-electron chi connectivity index (χ2n) is 6.12. The van der Waals surface area contributed by atoms with Crippen LogP contribution in [0.1, 0.15) is 38.3 Å². The Morgan fingerprint density at radius 1 is 1.00 bits per heavy atom. The fraction of sp³-hybridized carbons (Fsp3) is 0.304. The molecule has 2 aromatic heterocycles. The van der Waals surface area contributed by atoms with Gasteiger partial charge in [0.05, 0.1) is 6.61 Å². The van der Waals surface area contributed by atoms with Gasteiger partial charge in [-0.3, -0.25) is 0 Å². The molecule has 0 aliphatic rings. The van der Waals surface area contributed by atoms with Crippen molar-refractivity contribution in [3.8, 4) is 22.9 Å². The Balaban J connectivity index is 0.00000155. The summed E-state index contributed by atoms with van der Waals surface area (Å²) in [6.45, 7) is 3.68. The molecule has 0 fully saturated rings. The van der Waals surface area contributed by atoms with E-state index in [1.165, 1.54) is 6.20 Å². The van der Waals surface area contributed by atoms with Gasteiger partial charge in [0.15, 0.2) is 0 Å². The third kappa shape index (κ3) is 6.95. The molecule has 7 heteroatoms. The third-order valence-electron chi connectivity index (χ3n) is 3.90. The standard InChI is InChI=1S/C21H19ClF2N2O2.C2H6/c1-2-8-27-19-7-6-14(12-25-19)9-15-10-18(16-4-3-5-17(22)11-16)20(26-13-15)28-21(23)24;1-2/h3-7,10-13,21H,2,8-9H2,1H3;1-2H3. The molecule has 0 aliphatic carbocycles. The molecular weight excluding hydrogens is 410 g/mol. The normalized spacial score (nSPS) is 10.4. The number of hydrogen-bond acceptors (Lipinski definition) is 4. The molecule has 1 aromatic carbocycles. The largest absolute Gasteiger partial charge is 0.478 e. The number of hydrogen-bond donors (Lipinski definition) is 0. The van der Waals surface area contributed by atoms with Gasteiger partial charge in [0.25, 0.3) is 0 Å². The monoisotopic (exact) mass is 434 g/mol. The molecule has 30 heavy (non-hydrogen) atoms. The molecule has 2 heterocycles. The summed E-state index contributed by atoms with van der Waals surface area (Å²) in [5.41, 5.74) is 2.89. The third-order valence-corrected chi connectivity index (χ3v) is 4.14. The molecule has 160 valence electrons. The Labute approximate surface area is 180 Å². The number of halogens is 3. The SMILES string of the molecule is CC.CCCOc1ccc(Cc2cnc(OC(F)F)c(-c3cccc(Cl)c3)c2)cn1. The molecule has 0 atom stereocenters. The van der Waals surface area contributed by atoms with Gasteiger partial charge in [-0.05, 0) is 41.3 Å². The highest BCUT2D eigenvalue weighted by atomic mass is 35.5. The summed E-state index contributed by atoms with van der Waals surface area (Å²) in [5.74, 6) is 0.437. The second-order valence-corrected chi connectivity index (χ2v) is 6.55. The average molecular weight is 435 g/mol. The molecule has 0 saturated heterocycles. The van der Waals surface area contributed by atoms with Crippen LogP contribution in [-0.2, 0) is 6.42 Å². The van der Waals surface area contributed by atoms with Crippen LogP contribution in [0.15, 0.2) is 54.9 Å². The molecule has 3 rings (SSSR count). The summed E-state index contributed by atoms with van der Waals surface area (Å²) in [6.07, 6.45) is 4.70. The lowest BCUT2D eigenvalue weighted by Crippen LogP contribution is -2.06. The van der Waals surface area contributed by atoms with E-state index in [9.17, 15) is 8.78 Å². The van der Waals surface area contributed by atoms with E-state index in [-0.39, 0.29) is 5.88 Å². The predicted molar refractivity (Wildman–Crippen MR) is 115 cm³/mol. The number of rotatable bonds is 8. The first-order valence-electron chi connectivity index (χ1n) is 9.82. The van der Waals surface area contributed by atoms with Crippen molar-refractivity contribution in [2.45, 2.75) is 40.2 Å². The fourth-order valence-electron chi connectivity index (χ4n) is 2.68. The zero-order valence-electron chi connectivity index (χ0n) is 17.2. The van der Waals surface area contributed by atoms with E-state index < -0.39 is 6.61 Å². The number of pyridine rings is 2. The molecule has 4 nitrogen and oxygen atoms in total. The lowest BCUT2D eigenvalue weighted by atomic mass is 10.0. The number of benzene rings is 1. The summed E-state index contributed by atoms with van der Waals surface area (Å²) in [5, 5.41) is 0.498. The Bertz CT molecular complexity index is 921. The molecule has 0 bridgehead atoms. The minimum Gasteiger partial charge on any atom is -0.478 e. The number of nitrogens with zero attached hydrogens (tertiary/aromatic N) is 2. The van der Waals surface area contributed by atoms with Gasteiger partial charge in [-0.25, -0.2) is 9.97 Å². The molecule has 0 radical (unpaired) electrons. The highest BCUT2D eigenvalue weighted by Crippen LogP contribution is 2.32. The van der Waals surface area contributed by atoms with Crippen LogP contribution >= 0.6 is 11.6 Å². The molecule has 0 spiro atoms. The van der Waals surface area contributed by atoms with Gasteiger partial charge in [0.2, 0.25) is 11.8 Å². The minimum absolute atomic E-state index is 0.137. The number of alkyl halides is 2. The number of aromatic nitrogens is 2. The molecule has 3 aromatic rings. The Morgan fingerprint density at radius 2 is 1.77 bits per heavy atom. The van der Waals surface area contributed by atoms with Crippen molar-refractivity contribution in [2.75, 3.05) is 6.61 Å². The summed E-state index contributed by atoms with van der Waals surface area (Å²) in [4.78, 5) is 8.37. The number of ether oxygens (including phenoxy) is 2. The maximum atomic E-state index is 12.8. The maximum absolute atomic E-state index is 12.8. The second kappa shape index (κ2) is 12.1. The summed E-state index contributed by atoms with van der Waals surface area (Å²) in [7, 11) is 0. The van der Waals surface area contributed by atoms with Gasteiger partial charge in [-0.15, -0.1) is 0 Å². The first-order valence-corrected chi connectivity index (χ1v) is 10.2. The van der Waals surface area contributed by atoms with Crippen LogP contribution in [0, 0.1) is 0 Å². The van der Waals surface area contributed by atoms with Crippen LogP contribution in [0.4, 0.5) is 8.78 Å². The Hall–Kier alpha value is -2.73. The predicted octanol–water partition coefficient (Wildman–Crippen LogP) is 6.80. The van der Waals surface area contributed by atoms with Crippen molar-refractivity contribution in [3.05, 3.63) is 71.0 Å². The molecule has 0 N–H and O–H groups in total. The van der Waals surface area contributed by atoms with Crippen molar-refractivity contribution in [3.63, 3.8) is 0 Å².